The first-order chi connectivity index (χ1) is 11.1. The summed E-state index contributed by atoms with van der Waals surface area (Å²) in [5.74, 6) is 0.434. The molecule has 0 N–H and O–H groups in total. The third-order valence-corrected chi connectivity index (χ3v) is 4.69. The minimum absolute atomic E-state index is 0.127. The van der Waals surface area contributed by atoms with E-state index in [2.05, 4.69) is 0 Å². The number of thioether (sulfide) groups is 1. The predicted molar refractivity (Wildman–Crippen MR) is 91.8 cm³/mol. The van der Waals surface area contributed by atoms with Crippen molar-refractivity contribution in [3.05, 3.63) is 29.8 Å². The highest BCUT2D eigenvalue weighted by Crippen LogP contribution is 2.29. The molecule has 1 aromatic rings. The number of hydrogen-bond acceptors (Lipinski definition) is 5. The van der Waals surface area contributed by atoms with Gasteiger partial charge in [0.25, 0.3) is 0 Å². The maximum absolute atomic E-state index is 12.4. The number of rotatable bonds is 9. The Kier molecular flexibility index (Phi) is 7.08. The lowest BCUT2D eigenvalue weighted by molar-refractivity contribution is -0.121. The van der Waals surface area contributed by atoms with Crippen LogP contribution in [-0.4, -0.2) is 49.2 Å². The molecule has 2 amide bonds. The molecule has 0 aliphatic carbocycles. The highest BCUT2D eigenvalue weighted by Gasteiger charge is 2.39. The molecule has 1 aliphatic rings. The van der Waals surface area contributed by atoms with Crippen LogP contribution in [0.15, 0.2) is 24.3 Å². The fourth-order valence-corrected chi connectivity index (χ4v) is 3.32. The van der Waals surface area contributed by atoms with E-state index in [4.69, 9.17) is 9.47 Å². The lowest BCUT2D eigenvalue weighted by Gasteiger charge is -2.15. The van der Waals surface area contributed by atoms with E-state index in [0.29, 0.717) is 37.9 Å². The molecule has 0 aromatic heterocycles. The largest absolute Gasteiger partial charge is 0.379 e. The average Bonchev–Trinajstić information content (AvgIpc) is 2.82. The summed E-state index contributed by atoms with van der Waals surface area (Å²) in [5.41, 5.74) is 1.75. The molecule has 1 saturated heterocycles. The summed E-state index contributed by atoms with van der Waals surface area (Å²) in [5, 5.41) is -0.306. The second kappa shape index (κ2) is 9.05. The molecule has 0 spiro atoms. The molecule has 1 aliphatic heterocycles. The topological polar surface area (TPSA) is 55.8 Å². The highest BCUT2D eigenvalue weighted by molar-refractivity contribution is 8.00. The van der Waals surface area contributed by atoms with Gasteiger partial charge in [-0.25, -0.2) is 4.90 Å². The van der Waals surface area contributed by atoms with Gasteiger partial charge in [0.05, 0.1) is 30.8 Å². The van der Waals surface area contributed by atoms with Crippen LogP contribution >= 0.6 is 11.8 Å². The Bertz CT molecular complexity index is 532. The number of ether oxygens (including phenoxy) is 2. The molecule has 1 heterocycles. The fourth-order valence-electron chi connectivity index (χ4n) is 2.31. The van der Waals surface area contributed by atoms with Crippen molar-refractivity contribution in [3.8, 4) is 0 Å². The van der Waals surface area contributed by atoms with E-state index < -0.39 is 0 Å². The third-order valence-electron chi connectivity index (χ3n) is 3.52. The van der Waals surface area contributed by atoms with Crippen LogP contribution in [-0.2, 0) is 19.1 Å². The van der Waals surface area contributed by atoms with Crippen LogP contribution in [0.1, 0.15) is 18.9 Å². The predicted octanol–water partition coefficient (Wildman–Crippen LogP) is 2.41. The zero-order chi connectivity index (χ0) is 16.7. The number of imide groups is 1. The molecule has 126 valence electrons. The maximum Gasteiger partial charge on any atom is 0.247 e. The molecule has 1 atom stereocenters. The van der Waals surface area contributed by atoms with Gasteiger partial charge in [-0.15, -0.1) is 11.8 Å². The van der Waals surface area contributed by atoms with Crippen LogP contribution in [0, 0.1) is 6.92 Å². The Labute approximate surface area is 141 Å². The van der Waals surface area contributed by atoms with Crippen molar-refractivity contribution in [1.82, 2.24) is 0 Å². The molecule has 23 heavy (non-hydrogen) atoms. The number of carbonyl (C=O) groups is 2. The van der Waals surface area contributed by atoms with Crippen molar-refractivity contribution in [2.24, 2.45) is 0 Å². The average molecular weight is 337 g/mol. The number of carbonyl (C=O) groups excluding carboxylic acids is 2. The van der Waals surface area contributed by atoms with Crippen molar-refractivity contribution >= 4 is 29.3 Å². The summed E-state index contributed by atoms with van der Waals surface area (Å²) < 4.78 is 10.6. The molecule has 1 fully saturated rings. The second-order valence-electron chi connectivity index (χ2n) is 5.28. The van der Waals surface area contributed by atoms with Crippen LogP contribution in [0.2, 0.25) is 0 Å². The number of benzene rings is 1. The summed E-state index contributed by atoms with van der Waals surface area (Å²) in [6.07, 6.45) is 0.260. The first-order valence-corrected chi connectivity index (χ1v) is 8.89. The maximum atomic E-state index is 12.4. The molecule has 0 saturated carbocycles. The third kappa shape index (κ3) is 5.06. The van der Waals surface area contributed by atoms with E-state index in [1.54, 1.807) is 0 Å². The number of amides is 2. The highest BCUT2D eigenvalue weighted by atomic mass is 32.2. The zero-order valence-corrected chi connectivity index (χ0v) is 14.4. The first kappa shape index (κ1) is 18.0. The van der Waals surface area contributed by atoms with Crippen LogP contribution in [0.4, 0.5) is 5.69 Å². The second-order valence-corrected chi connectivity index (χ2v) is 6.59. The number of hydrogen-bond donors (Lipinski definition) is 0. The van der Waals surface area contributed by atoms with Gasteiger partial charge < -0.3 is 9.47 Å². The first-order valence-electron chi connectivity index (χ1n) is 7.84. The Morgan fingerprint density at radius 1 is 1.13 bits per heavy atom. The van der Waals surface area contributed by atoms with Gasteiger partial charge in [0.15, 0.2) is 0 Å². The Morgan fingerprint density at radius 2 is 1.83 bits per heavy atom. The minimum atomic E-state index is -0.306. The van der Waals surface area contributed by atoms with Gasteiger partial charge in [-0.1, -0.05) is 17.7 Å². The van der Waals surface area contributed by atoms with Gasteiger partial charge in [-0.3, -0.25) is 9.59 Å². The minimum Gasteiger partial charge on any atom is -0.379 e. The molecular formula is C17H23NO4S. The van der Waals surface area contributed by atoms with Crippen molar-refractivity contribution in [1.29, 1.82) is 0 Å². The summed E-state index contributed by atoms with van der Waals surface area (Å²) in [4.78, 5) is 25.9. The van der Waals surface area contributed by atoms with Crippen LogP contribution < -0.4 is 4.90 Å². The standard InChI is InChI=1S/C17H23NO4S/c1-3-21-8-9-22-10-11-23-15-12-16(19)18(17(15)20)14-6-4-13(2)5-7-14/h4-7,15H,3,8-12H2,1-2H3. The van der Waals surface area contributed by atoms with E-state index >= 15 is 0 Å². The van der Waals surface area contributed by atoms with E-state index in [1.807, 2.05) is 38.1 Å². The van der Waals surface area contributed by atoms with Gasteiger partial charge >= 0.3 is 0 Å². The van der Waals surface area contributed by atoms with E-state index in [1.165, 1.54) is 16.7 Å². The van der Waals surface area contributed by atoms with Crippen molar-refractivity contribution in [3.63, 3.8) is 0 Å². The summed E-state index contributed by atoms with van der Waals surface area (Å²) in [6.45, 7) is 6.30. The molecule has 1 unspecified atom stereocenters. The molecule has 2 rings (SSSR count). The van der Waals surface area contributed by atoms with Crippen LogP contribution in [0.25, 0.3) is 0 Å². The van der Waals surface area contributed by atoms with Gasteiger partial charge in [0, 0.05) is 18.8 Å². The van der Waals surface area contributed by atoms with Gasteiger partial charge in [0.2, 0.25) is 11.8 Å². The van der Waals surface area contributed by atoms with Gasteiger partial charge in [-0.2, -0.15) is 0 Å². The monoisotopic (exact) mass is 337 g/mol. The summed E-state index contributed by atoms with van der Waals surface area (Å²) >= 11 is 1.48. The van der Waals surface area contributed by atoms with Crippen LogP contribution in [0.3, 0.4) is 0 Å². The van der Waals surface area contributed by atoms with E-state index in [-0.39, 0.29) is 23.5 Å². The number of nitrogens with zero attached hydrogens (tertiary/aromatic N) is 1. The molecule has 0 bridgehead atoms. The zero-order valence-electron chi connectivity index (χ0n) is 13.6. The molecule has 6 heteroatoms. The van der Waals surface area contributed by atoms with E-state index in [9.17, 15) is 9.59 Å². The SMILES string of the molecule is CCOCCOCCSC1CC(=O)N(c2ccc(C)cc2)C1=O. The van der Waals surface area contributed by atoms with E-state index in [0.717, 1.165) is 5.56 Å². The summed E-state index contributed by atoms with van der Waals surface area (Å²) in [7, 11) is 0. The van der Waals surface area contributed by atoms with Gasteiger partial charge in [0.1, 0.15) is 0 Å². The Balaban J connectivity index is 1.78. The number of anilines is 1. The van der Waals surface area contributed by atoms with Crippen molar-refractivity contribution in [2.75, 3.05) is 37.1 Å². The summed E-state index contributed by atoms with van der Waals surface area (Å²) in [6, 6.07) is 7.44. The van der Waals surface area contributed by atoms with Gasteiger partial charge in [-0.05, 0) is 26.0 Å². The van der Waals surface area contributed by atoms with Crippen molar-refractivity contribution in [2.45, 2.75) is 25.5 Å². The van der Waals surface area contributed by atoms with Crippen molar-refractivity contribution < 1.29 is 19.1 Å². The lowest BCUT2D eigenvalue weighted by Crippen LogP contribution is -2.31. The quantitative estimate of drug-likeness (QED) is 0.512. The lowest BCUT2D eigenvalue weighted by atomic mass is 10.2. The molecule has 0 radical (unpaired) electrons. The van der Waals surface area contributed by atoms with Crippen LogP contribution in [0.5, 0.6) is 0 Å². The smallest absolute Gasteiger partial charge is 0.247 e. The number of aryl methyl sites for hydroxylation is 1. The Hall–Kier alpha value is -1.37. The Morgan fingerprint density at radius 3 is 2.52 bits per heavy atom. The normalized spacial score (nSPS) is 18.0. The molecule has 1 aromatic carbocycles. The molecule has 5 nitrogen and oxygen atoms in total. The molecular weight excluding hydrogens is 314 g/mol. The fraction of sp³-hybridized carbons (Fsp3) is 0.529.